The number of hydrogen-bond acceptors (Lipinski definition) is 6. The lowest BCUT2D eigenvalue weighted by molar-refractivity contribution is -0.157. The summed E-state index contributed by atoms with van der Waals surface area (Å²) in [6.07, 6.45) is 4.27. The van der Waals surface area contributed by atoms with Crippen LogP contribution in [-0.2, 0) is 26.2 Å². The van der Waals surface area contributed by atoms with Gasteiger partial charge in [-0.25, -0.2) is 8.42 Å². The molecule has 2 heterocycles. The fourth-order valence-corrected chi connectivity index (χ4v) is 5.44. The van der Waals surface area contributed by atoms with Crippen LogP contribution in [-0.4, -0.2) is 68.0 Å². The lowest BCUT2D eigenvalue weighted by Gasteiger charge is -2.50. The van der Waals surface area contributed by atoms with E-state index in [9.17, 15) is 18.0 Å². The number of unbranched alkanes of at least 4 members (excludes halogenated alkanes) is 1. The normalized spacial score (nSPS) is 17.7. The molecule has 0 saturated carbocycles. The summed E-state index contributed by atoms with van der Waals surface area (Å²) in [5, 5.41) is 2.81. The zero-order valence-corrected chi connectivity index (χ0v) is 22.9. The standard InChI is InChI=1S/C26H34N4O5S.ClH/c1-3-4-15-30-24(31)18-27-25(32)26(30)13-16-29(17-14-26)19-20-5-9-22(10-6-20)35-23-11-7-21(8-12-23)28-36(2,33)34;/h5-12,28H,3-4,13-19H2,1-2H3,(H,27,32);1H. The molecule has 2 fully saturated rings. The van der Waals surface area contributed by atoms with E-state index in [1.165, 1.54) is 0 Å². The third-order valence-corrected chi connectivity index (χ3v) is 7.39. The molecule has 2 aliphatic heterocycles. The molecule has 0 unspecified atom stereocenters. The number of amides is 2. The Labute approximate surface area is 225 Å². The number of ether oxygens (including phenoxy) is 1. The Morgan fingerprint density at radius 1 is 1.00 bits per heavy atom. The SMILES string of the molecule is CCCCN1C(=O)CNC(=O)C12CCN(Cc1ccc(Oc3ccc(NS(C)(=O)=O)cc3)cc1)CC2.Cl. The van der Waals surface area contributed by atoms with E-state index in [1.807, 2.05) is 29.2 Å². The average Bonchev–Trinajstić information content (AvgIpc) is 2.84. The van der Waals surface area contributed by atoms with Crippen LogP contribution in [0, 0.1) is 0 Å². The molecular weight excluding hydrogens is 516 g/mol. The predicted octanol–water partition coefficient (Wildman–Crippen LogP) is 3.37. The van der Waals surface area contributed by atoms with Crippen molar-refractivity contribution < 1.29 is 22.7 Å². The van der Waals surface area contributed by atoms with Gasteiger partial charge in [0, 0.05) is 31.9 Å². The minimum absolute atomic E-state index is 0. The molecule has 0 radical (unpaired) electrons. The molecule has 11 heteroatoms. The van der Waals surface area contributed by atoms with Gasteiger partial charge in [-0.3, -0.25) is 19.2 Å². The summed E-state index contributed by atoms with van der Waals surface area (Å²) in [6, 6.07) is 14.6. The van der Waals surface area contributed by atoms with Crippen LogP contribution in [0.25, 0.3) is 0 Å². The topological polar surface area (TPSA) is 108 Å². The monoisotopic (exact) mass is 550 g/mol. The molecule has 0 aromatic heterocycles. The fraction of sp³-hybridized carbons (Fsp3) is 0.462. The van der Waals surface area contributed by atoms with Crippen molar-refractivity contribution in [2.24, 2.45) is 0 Å². The molecule has 2 N–H and O–H groups in total. The second-order valence-corrected chi connectivity index (χ2v) is 11.3. The van der Waals surface area contributed by atoms with Gasteiger partial charge in [0.25, 0.3) is 0 Å². The number of piperidine rings is 1. The fourth-order valence-electron chi connectivity index (χ4n) is 4.87. The minimum atomic E-state index is -3.32. The van der Waals surface area contributed by atoms with Crippen LogP contribution in [0.5, 0.6) is 11.5 Å². The molecule has 2 aliphatic rings. The maximum Gasteiger partial charge on any atom is 0.246 e. The van der Waals surface area contributed by atoms with Gasteiger partial charge in [0.15, 0.2) is 0 Å². The first-order valence-corrected chi connectivity index (χ1v) is 14.2. The highest BCUT2D eigenvalue weighted by atomic mass is 35.5. The molecular formula is C26H35ClN4O5S. The smallest absolute Gasteiger partial charge is 0.246 e. The number of nitrogens with one attached hydrogen (secondary N) is 2. The number of sulfonamides is 1. The Bertz CT molecular complexity index is 1180. The Kier molecular flexibility index (Phi) is 9.44. The van der Waals surface area contributed by atoms with Crippen LogP contribution in [0.2, 0.25) is 0 Å². The van der Waals surface area contributed by atoms with Crippen molar-refractivity contribution in [3.05, 3.63) is 54.1 Å². The van der Waals surface area contributed by atoms with Crippen molar-refractivity contribution in [2.75, 3.05) is 37.2 Å². The van der Waals surface area contributed by atoms with Gasteiger partial charge in [-0.05, 0) is 61.2 Å². The summed E-state index contributed by atoms with van der Waals surface area (Å²) < 4.78 is 31.0. The van der Waals surface area contributed by atoms with Crippen LogP contribution in [0.1, 0.15) is 38.2 Å². The van der Waals surface area contributed by atoms with Gasteiger partial charge in [0.2, 0.25) is 21.8 Å². The second kappa shape index (κ2) is 12.1. The van der Waals surface area contributed by atoms with Crippen molar-refractivity contribution in [1.29, 1.82) is 0 Å². The number of hydrogen-bond donors (Lipinski definition) is 2. The van der Waals surface area contributed by atoms with E-state index in [0.29, 0.717) is 36.6 Å². The zero-order valence-electron chi connectivity index (χ0n) is 21.2. The molecule has 0 aliphatic carbocycles. The Balaban J connectivity index is 0.00000380. The first-order chi connectivity index (χ1) is 17.2. The van der Waals surface area contributed by atoms with E-state index in [2.05, 4.69) is 21.9 Å². The van der Waals surface area contributed by atoms with Gasteiger partial charge in [0.05, 0.1) is 12.8 Å². The zero-order chi connectivity index (χ0) is 25.8. The van der Waals surface area contributed by atoms with Gasteiger partial charge < -0.3 is 15.0 Å². The van der Waals surface area contributed by atoms with Crippen molar-refractivity contribution >= 4 is 39.9 Å². The van der Waals surface area contributed by atoms with E-state index in [0.717, 1.165) is 44.3 Å². The first-order valence-electron chi connectivity index (χ1n) is 12.3. The van der Waals surface area contributed by atoms with Crippen LogP contribution in [0.15, 0.2) is 48.5 Å². The number of carbonyl (C=O) groups is 2. The van der Waals surface area contributed by atoms with Crippen molar-refractivity contribution in [1.82, 2.24) is 15.1 Å². The largest absolute Gasteiger partial charge is 0.457 e. The number of rotatable bonds is 9. The quantitative estimate of drug-likeness (QED) is 0.495. The van der Waals surface area contributed by atoms with Crippen LogP contribution in [0.3, 0.4) is 0 Å². The second-order valence-electron chi connectivity index (χ2n) is 9.53. The van der Waals surface area contributed by atoms with Crippen LogP contribution in [0.4, 0.5) is 5.69 Å². The van der Waals surface area contributed by atoms with E-state index in [1.54, 1.807) is 24.3 Å². The van der Waals surface area contributed by atoms with E-state index in [-0.39, 0.29) is 30.8 Å². The predicted molar refractivity (Wildman–Crippen MR) is 146 cm³/mol. The van der Waals surface area contributed by atoms with Crippen LogP contribution >= 0.6 is 12.4 Å². The Morgan fingerprint density at radius 3 is 2.16 bits per heavy atom. The van der Waals surface area contributed by atoms with Gasteiger partial charge in [-0.15, -0.1) is 12.4 Å². The molecule has 2 aromatic carbocycles. The lowest BCUT2D eigenvalue weighted by atomic mass is 9.82. The van der Waals surface area contributed by atoms with E-state index < -0.39 is 15.6 Å². The Hall–Kier alpha value is -2.82. The number of carbonyl (C=O) groups excluding carboxylic acids is 2. The molecule has 1 spiro atoms. The number of halogens is 1. The lowest BCUT2D eigenvalue weighted by Crippen LogP contribution is -2.70. The summed E-state index contributed by atoms with van der Waals surface area (Å²) in [5.41, 5.74) is 0.899. The molecule has 37 heavy (non-hydrogen) atoms. The highest BCUT2D eigenvalue weighted by Gasteiger charge is 2.50. The highest BCUT2D eigenvalue weighted by Crippen LogP contribution is 2.33. The molecule has 2 aromatic rings. The van der Waals surface area contributed by atoms with Crippen LogP contribution < -0.4 is 14.8 Å². The number of nitrogens with zero attached hydrogens (tertiary/aromatic N) is 2. The highest BCUT2D eigenvalue weighted by molar-refractivity contribution is 7.92. The van der Waals surface area contributed by atoms with Gasteiger partial charge in [0.1, 0.15) is 17.0 Å². The summed E-state index contributed by atoms with van der Waals surface area (Å²) >= 11 is 0. The minimum Gasteiger partial charge on any atom is -0.457 e. The molecule has 2 saturated heterocycles. The van der Waals surface area contributed by atoms with Crippen molar-refractivity contribution in [3.8, 4) is 11.5 Å². The summed E-state index contributed by atoms with van der Waals surface area (Å²) in [4.78, 5) is 29.6. The molecule has 9 nitrogen and oxygen atoms in total. The van der Waals surface area contributed by atoms with E-state index >= 15 is 0 Å². The van der Waals surface area contributed by atoms with Gasteiger partial charge in [-0.1, -0.05) is 25.5 Å². The number of anilines is 1. The summed E-state index contributed by atoms with van der Waals surface area (Å²) in [6.45, 7) is 5.08. The number of piperazine rings is 1. The number of benzene rings is 2. The first kappa shape index (κ1) is 28.7. The van der Waals surface area contributed by atoms with Crippen molar-refractivity contribution in [3.63, 3.8) is 0 Å². The molecule has 202 valence electrons. The number of likely N-dealkylation sites (tertiary alicyclic amines) is 1. The van der Waals surface area contributed by atoms with Gasteiger partial charge >= 0.3 is 0 Å². The average molecular weight is 551 g/mol. The third-order valence-electron chi connectivity index (χ3n) is 6.78. The molecule has 2 amide bonds. The molecule has 0 atom stereocenters. The maximum absolute atomic E-state index is 12.9. The molecule has 0 bridgehead atoms. The molecule has 4 rings (SSSR count). The van der Waals surface area contributed by atoms with Crippen molar-refractivity contribution in [2.45, 2.75) is 44.7 Å². The summed E-state index contributed by atoms with van der Waals surface area (Å²) in [7, 11) is -3.32. The maximum atomic E-state index is 12.9. The van der Waals surface area contributed by atoms with Gasteiger partial charge in [-0.2, -0.15) is 0 Å². The Morgan fingerprint density at radius 2 is 1.59 bits per heavy atom. The van der Waals surface area contributed by atoms with E-state index in [4.69, 9.17) is 4.74 Å². The summed E-state index contributed by atoms with van der Waals surface area (Å²) in [5.74, 6) is 1.30. The third kappa shape index (κ3) is 7.15.